The standard InChI is InChI=1S/C14H22FNO3S/c1-10(16)11-5-6-13(12(15)9-11)19-7-8-20(17,18)14(2,3)4/h5-6,9-10H,7-8,16H2,1-4H3/t10-/m1/s1. The summed E-state index contributed by atoms with van der Waals surface area (Å²) in [5.74, 6) is -0.642. The molecule has 0 aliphatic heterocycles. The molecule has 4 nitrogen and oxygen atoms in total. The molecular formula is C14H22FNO3S. The topological polar surface area (TPSA) is 69.4 Å². The molecule has 0 saturated carbocycles. The number of hydrogen-bond donors (Lipinski definition) is 1. The van der Waals surface area contributed by atoms with Crippen LogP contribution in [0, 0.1) is 5.82 Å². The fourth-order valence-electron chi connectivity index (χ4n) is 1.48. The predicted molar refractivity (Wildman–Crippen MR) is 78.0 cm³/mol. The summed E-state index contributed by atoms with van der Waals surface area (Å²) in [5.41, 5.74) is 6.31. The van der Waals surface area contributed by atoms with Crippen LogP contribution in [0.5, 0.6) is 5.75 Å². The van der Waals surface area contributed by atoms with E-state index in [2.05, 4.69) is 0 Å². The average Bonchev–Trinajstić information content (AvgIpc) is 2.29. The van der Waals surface area contributed by atoms with Gasteiger partial charge in [-0.1, -0.05) is 6.07 Å². The Balaban J connectivity index is 2.68. The van der Waals surface area contributed by atoms with Crippen LogP contribution in [0.15, 0.2) is 18.2 Å². The molecule has 0 radical (unpaired) electrons. The van der Waals surface area contributed by atoms with Gasteiger partial charge in [-0.05, 0) is 45.4 Å². The summed E-state index contributed by atoms with van der Waals surface area (Å²) in [5, 5.41) is 0. The monoisotopic (exact) mass is 303 g/mol. The van der Waals surface area contributed by atoms with Crippen LogP contribution in [0.4, 0.5) is 4.39 Å². The van der Waals surface area contributed by atoms with E-state index >= 15 is 0 Å². The second-order valence-corrected chi connectivity index (χ2v) is 8.62. The first-order valence-electron chi connectivity index (χ1n) is 6.45. The quantitative estimate of drug-likeness (QED) is 0.907. The summed E-state index contributed by atoms with van der Waals surface area (Å²) in [6.07, 6.45) is 0. The van der Waals surface area contributed by atoms with Gasteiger partial charge in [0.2, 0.25) is 0 Å². The zero-order chi connectivity index (χ0) is 15.6. The average molecular weight is 303 g/mol. The molecule has 1 atom stereocenters. The maximum atomic E-state index is 13.7. The summed E-state index contributed by atoms with van der Waals surface area (Å²) < 4.78 is 41.9. The van der Waals surface area contributed by atoms with Crippen molar-refractivity contribution in [2.45, 2.75) is 38.5 Å². The lowest BCUT2D eigenvalue weighted by atomic mass is 10.1. The smallest absolute Gasteiger partial charge is 0.165 e. The minimum absolute atomic E-state index is 0.0403. The normalized spacial score (nSPS) is 14.1. The summed E-state index contributed by atoms with van der Waals surface area (Å²) in [6, 6.07) is 4.18. The molecule has 20 heavy (non-hydrogen) atoms. The number of sulfone groups is 1. The Bertz CT molecular complexity index is 562. The van der Waals surface area contributed by atoms with Crippen molar-refractivity contribution in [2.24, 2.45) is 5.73 Å². The van der Waals surface area contributed by atoms with E-state index in [0.29, 0.717) is 5.56 Å². The van der Waals surface area contributed by atoms with Crippen LogP contribution >= 0.6 is 0 Å². The van der Waals surface area contributed by atoms with Crippen LogP contribution in [0.1, 0.15) is 39.3 Å². The second kappa shape index (κ2) is 6.10. The van der Waals surface area contributed by atoms with E-state index in [1.807, 2.05) is 0 Å². The zero-order valence-corrected chi connectivity index (χ0v) is 13.1. The zero-order valence-electron chi connectivity index (χ0n) is 12.3. The number of rotatable bonds is 5. The van der Waals surface area contributed by atoms with Crippen molar-refractivity contribution in [3.63, 3.8) is 0 Å². The lowest BCUT2D eigenvalue weighted by molar-refractivity contribution is 0.321. The lowest BCUT2D eigenvalue weighted by Crippen LogP contribution is -2.32. The molecule has 114 valence electrons. The summed E-state index contributed by atoms with van der Waals surface area (Å²) in [4.78, 5) is 0. The molecule has 0 unspecified atom stereocenters. The maximum absolute atomic E-state index is 13.7. The Morgan fingerprint density at radius 1 is 1.35 bits per heavy atom. The molecule has 1 aromatic rings. The minimum Gasteiger partial charge on any atom is -0.489 e. The Morgan fingerprint density at radius 2 is 1.95 bits per heavy atom. The van der Waals surface area contributed by atoms with Gasteiger partial charge in [0.05, 0.1) is 10.5 Å². The van der Waals surface area contributed by atoms with Gasteiger partial charge in [-0.15, -0.1) is 0 Å². The van der Waals surface area contributed by atoms with Crippen molar-refractivity contribution >= 4 is 9.84 Å². The molecule has 0 fully saturated rings. The van der Waals surface area contributed by atoms with Gasteiger partial charge in [-0.3, -0.25) is 0 Å². The Kier molecular flexibility index (Phi) is 5.15. The maximum Gasteiger partial charge on any atom is 0.165 e. The van der Waals surface area contributed by atoms with E-state index in [0.717, 1.165) is 0 Å². The summed E-state index contributed by atoms with van der Waals surface area (Å²) in [6.45, 7) is 6.56. The van der Waals surface area contributed by atoms with Gasteiger partial charge in [-0.2, -0.15) is 0 Å². The van der Waals surface area contributed by atoms with E-state index in [9.17, 15) is 12.8 Å². The van der Waals surface area contributed by atoms with Crippen molar-refractivity contribution in [1.29, 1.82) is 0 Å². The number of hydrogen-bond acceptors (Lipinski definition) is 4. The Labute approximate surface area is 120 Å². The SMILES string of the molecule is C[C@@H](N)c1ccc(OCCS(=O)(=O)C(C)(C)C)c(F)c1. The molecule has 0 bridgehead atoms. The largest absolute Gasteiger partial charge is 0.489 e. The van der Waals surface area contributed by atoms with E-state index in [1.54, 1.807) is 33.8 Å². The molecule has 0 aliphatic carbocycles. The summed E-state index contributed by atoms with van der Waals surface area (Å²) >= 11 is 0. The Hall–Kier alpha value is -1.14. The number of benzene rings is 1. The van der Waals surface area contributed by atoms with Crippen molar-refractivity contribution in [3.05, 3.63) is 29.6 Å². The molecule has 0 spiro atoms. The molecule has 0 aliphatic rings. The van der Waals surface area contributed by atoms with Crippen molar-refractivity contribution < 1.29 is 17.5 Å². The van der Waals surface area contributed by atoms with Crippen LogP contribution in [0.25, 0.3) is 0 Å². The number of halogens is 1. The van der Waals surface area contributed by atoms with Crippen LogP contribution in [-0.4, -0.2) is 25.5 Å². The van der Waals surface area contributed by atoms with E-state index in [1.165, 1.54) is 12.1 Å². The first kappa shape index (κ1) is 16.9. The summed E-state index contributed by atoms with van der Waals surface area (Å²) in [7, 11) is -3.27. The van der Waals surface area contributed by atoms with Crippen LogP contribution in [-0.2, 0) is 9.84 Å². The fourth-order valence-corrected chi connectivity index (χ4v) is 2.40. The molecule has 1 rings (SSSR count). The highest BCUT2D eigenvalue weighted by Crippen LogP contribution is 2.22. The van der Waals surface area contributed by atoms with Gasteiger partial charge >= 0.3 is 0 Å². The van der Waals surface area contributed by atoms with Crippen molar-refractivity contribution in [2.75, 3.05) is 12.4 Å². The van der Waals surface area contributed by atoms with E-state index in [-0.39, 0.29) is 24.2 Å². The number of nitrogens with two attached hydrogens (primary N) is 1. The third kappa shape index (κ3) is 4.18. The van der Waals surface area contributed by atoms with E-state index in [4.69, 9.17) is 10.5 Å². The van der Waals surface area contributed by atoms with Crippen molar-refractivity contribution in [1.82, 2.24) is 0 Å². The molecular weight excluding hydrogens is 281 g/mol. The third-order valence-electron chi connectivity index (χ3n) is 3.02. The first-order valence-corrected chi connectivity index (χ1v) is 8.10. The van der Waals surface area contributed by atoms with Gasteiger partial charge in [0, 0.05) is 6.04 Å². The van der Waals surface area contributed by atoms with Crippen LogP contribution in [0.2, 0.25) is 0 Å². The minimum atomic E-state index is -3.27. The van der Waals surface area contributed by atoms with E-state index < -0.39 is 20.4 Å². The molecule has 0 amide bonds. The number of ether oxygens (including phenoxy) is 1. The fraction of sp³-hybridized carbons (Fsp3) is 0.571. The Morgan fingerprint density at radius 3 is 2.40 bits per heavy atom. The van der Waals surface area contributed by atoms with Gasteiger partial charge in [0.1, 0.15) is 6.61 Å². The van der Waals surface area contributed by atoms with Crippen LogP contribution < -0.4 is 10.5 Å². The highest BCUT2D eigenvalue weighted by atomic mass is 32.2. The third-order valence-corrected chi connectivity index (χ3v) is 5.59. The molecule has 0 saturated heterocycles. The van der Waals surface area contributed by atoms with Gasteiger partial charge < -0.3 is 10.5 Å². The highest BCUT2D eigenvalue weighted by molar-refractivity contribution is 7.92. The molecule has 6 heteroatoms. The highest BCUT2D eigenvalue weighted by Gasteiger charge is 2.28. The van der Waals surface area contributed by atoms with Crippen LogP contribution in [0.3, 0.4) is 0 Å². The first-order chi connectivity index (χ1) is 9.04. The van der Waals surface area contributed by atoms with Gasteiger partial charge in [0.15, 0.2) is 21.4 Å². The predicted octanol–water partition coefficient (Wildman–Crippen LogP) is 2.44. The molecule has 1 aromatic carbocycles. The lowest BCUT2D eigenvalue weighted by Gasteiger charge is -2.19. The molecule has 0 heterocycles. The molecule has 2 N–H and O–H groups in total. The second-order valence-electron chi connectivity index (χ2n) is 5.76. The van der Waals surface area contributed by atoms with Crippen molar-refractivity contribution in [3.8, 4) is 5.75 Å². The van der Waals surface area contributed by atoms with Gasteiger partial charge in [0.25, 0.3) is 0 Å². The van der Waals surface area contributed by atoms with Gasteiger partial charge in [-0.25, -0.2) is 12.8 Å². The molecule has 0 aromatic heterocycles.